The number of carbonyl (C=O) groups is 2. The van der Waals surface area contributed by atoms with E-state index in [-0.39, 0.29) is 16.8 Å². The molecule has 3 rings (SSSR count). The van der Waals surface area contributed by atoms with E-state index < -0.39 is 22.0 Å². The number of rotatable bonds is 6. The van der Waals surface area contributed by atoms with Crippen molar-refractivity contribution in [1.29, 1.82) is 0 Å². The molecular formula is C21H23FN2O6S. The van der Waals surface area contributed by atoms with Gasteiger partial charge >= 0.3 is 11.9 Å². The van der Waals surface area contributed by atoms with E-state index in [4.69, 9.17) is 15.9 Å². The van der Waals surface area contributed by atoms with E-state index in [1.807, 2.05) is 0 Å². The lowest BCUT2D eigenvalue weighted by molar-refractivity contribution is -0.134. The largest absolute Gasteiger partial charge is 0.478 e. The van der Waals surface area contributed by atoms with E-state index in [0.717, 1.165) is 24.0 Å². The van der Waals surface area contributed by atoms with Crippen LogP contribution in [-0.2, 0) is 26.2 Å². The number of benzene rings is 2. The van der Waals surface area contributed by atoms with Gasteiger partial charge in [-0.1, -0.05) is 24.3 Å². The smallest absolute Gasteiger partial charge is 0.328 e. The SMILES string of the molecule is NCc1ccc(S(=O)(=O)N2CCCC2c2ccc(F)cc2)cc1.O=C(O)/C=C/C(=O)O. The van der Waals surface area contributed by atoms with E-state index in [2.05, 4.69) is 0 Å². The van der Waals surface area contributed by atoms with Gasteiger partial charge in [-0.25, -0.2) is 22.4 Å². The molecule has 1 unspecified atom stereocenters. The normalized spacial score (nSPS) is 16.6. The molecule has 0 aromatic heterocycles. The Morgan fingerprint density at radius 2 is 1.58 bits per heavy atom. The van der Waals surface area contributed by atoms with Gasteiger partial charge in [0, 0.05) is 25.2 Å². The topological polar surface area (TPSA) is 138 Å². The Balaban J connectivity index is 0.000000366. The van der Waals surface area contributed by atoms with Gasteiger partial charge in [-0.3, -0.25) is 0 Å². The van der Waals surface area contributed by atoms with Gasteiger partial charge < -0.3 is 15.9 Å². The van der Waals surface area contributed by atoms with Crippen LogP contribution in [0.5, 0.6) is 0 Å². The zero-order valence-electron chi connectivity index (χ0n) is 16.5. The summed E-state index contributed by atoms with van der Waals surface area (Å²) in [6, 6.07) is 12.5. The summed E-state index contributed by atoms with van der Waals surface area (Å²) in [4.78, 5) is 19.4. The van der Waals surface area contributed by atoms with Crippen LogP contribution in [0.1, 0.15) is 30.0 Å². The summed E-state index contributed by atoms with van der Waals surface area (Å²) in [6.45, 7) is 0.852. The minimum Gasteiger partial charge on any atom is -0.478 e. The predicted molar refractivity (Wildman–Crippen MR) is 111 cm³/mol. The third-order valence-electron chi connectivity index (χ3n) is 4.59. The van der Waals surface area contributed by atoms with Gasteiger partial charge in [-0.2, -0.15) is 4.31 Å². The van der Waals surface area contributed by atoms with E-state index in [0.29, 0.717) is 25.2 Å². The van der Waals surface area contributed by atoms with Crippen LogP contribution in [0.25, 0.3) is 0 Å². The van der Waals surface area contributed by atoms with Gasteiger partial charge in [0.2, 0.25) is 10.0 Å². The molecule has 1 aliphatic heterocycles. The molecule has 8 nitrogen and oxygen atoms in total. The van der Waals surface area contributed by atoms with Crippen molar-refractivity contribution in [3.63, 3.8) is 0 Å². The Morgan fingerprint density at radius 3 is 2.06 bits per heavy atom. The molecule has 0 aliphatic carbocycles. The molecule has 1 heterocycles. The molecule has 0 bridgehead atoms. The first-order valence-corrected chi connectivity index (χ1v) is 10.8. The molecule has 2 aromatic carbocycles. The number of sulfonamides is 1. The monoisotopic (exact) mass is 450 g/mol. The van der Waals surface area contributed by atoms with Gasteiger partial charge in [0.15, 0.2) is 0 Å². The van der Waals surface area contributed by atoms with Crippen molar-refractivity contribution in [2.45, 2.75) is 30.3 Å². The number of nitrogens with zero attached hydrogens (tertiary/aromatic N) is 1. The van der Waals surface area contributed by atoms with Crippen LogP contribution in [-0.4, -0.2) is 41.4 Å². The third kappa shape index (κ3) is 6.71. The highest BCUT2D eigenvalue weighted by Crippen LogP contribution is 2.36. The third-order valence-corrected chi connectivity index (χ3v) is 6.51. The Labute approximate surface area is 179 Å². The van der Waals surface area contributed by atoms with Crippen LogP contribution >= 0.6 is 0 Å². The maximum absolute atomic E-state index is 13.1. The second kappa shape index (κ2) is 10.8. The molecule has 1 atom stereocenters. The number of aliphatic carboxylic acids is 2. The van der Waals surface area contributed by atoms with E-state index >= 15 is 0 Å². The van der Waals surface area contributed by atoms with E-state index in [1.54, 1.807) is 36.4 Å². The average molecular weight is 450 g/mol. The average Bonchev–Trinajstić information content (AvgIpc) is 3.24. The van der Waals surface area contributed by atoms with Gasteiger partial charge in [-0.05, 0) is 48.2 Å². The summed E-state index contributed by atoms with van der Waals surface area (Å²) >= 11 is 0. The van der Waals surface area contributed by atoms with E-state index in [9.17, 15) is 22.4 Å². The van der Waals surface area contributed by atoms with Crippen LogP contribution < -0.4 is 5.73 Å². The zero-order valence-corrected chi connectivity index (χ0v) is 17.3. The standard InChI is InChI=1S/C17H19FN2O2S.C4H4O4/c18-15-7-5-14(6-8-15)17-2-1-11-20(17)23(21,22)16-9-3-13(12-19)4-10-16;5-3(6)1-2-4(7)8/h3-10,17H,1-2,11-12,19H2;1-2H,(H,5,6)(H,7,8)/b;2-1+. The fourth-order valence-corrected chi connectivity index (χ4v) is 4.80. The fourth-order valence-electron chi connectivity index (χ4n) is 3.12. The van der Waals surface area contributed by atoms with Crippen molar-refractivity contribution in [2.75, 3.05) is 6.54 Å². The molecule has 1 aliphatic rings. The van der Waals surface area contributed by atoms with Crippen molar-refractivity contribution in [1.82, 2.24) is 4.31 Å². The van der Waals surface area contributed by atoms with Gasteiger partial charge in [0.1, 0.15) is 5.82 Å². The Hall–Kier alpha value is -3.08. The molecule has 31 heavy (non-hydrogen) atoms. The molecule has 1 fully saturated rings. The molecule has 0 radical (unpaired) electrons. The molecule has 2 aromatic rings. The second-order valence-electron chi connectivity index (χ2n) is 6.68. The van der Waals surface area contributed by atoms with Gasteiger partial charge in [0.25, 0.3) is 0 Å². The van der Waals surface area contributed by atoms with Gasteiger partial charge in [-0.15, -0.1) is 0 Å². The Bertz CT molecular complexity index is 1020. The maximum Gasteiger partial charge on any atom is 0.328 e. The summed E-state index contributed by atoms with van der Waals surface area (Å²) < 4.78 is 40.4. The van der Waals surface area contributed by atoms with Gasteiger partial charge in [0.05, 0.1) is 10.9 Å². The van der Waals surface area contributed by atoms with E-state index in [1.165, 1.54) is 16.4 Å². The number of halogens is 1. The Morgan fingerprint density at radius 1 is 1.03 bits per heavy atom. The second-order valence-corrected chi connectivity index (χ2v) is 8.57. The number of carboxylic acid groups (broad SMARTS) is 2. The lowest BCUT2D eigenvalue weighted by atomic mass is 10.1. The van der Waals surface area contributed by atoms with Crippen LogP contribution in [0, 0.1) is 5.82 Å². The minimum absolute atomic E-state index is 0.241. The fraction of sp³-hybridized carbons (Fsp3) is 0.238. The van der Waals surface area contributed by atoms with Crippen molar-refractivity contribution < 1.29 is 32.6 Å². The molecule has 4 N–H and O–H groups in total. The molecule has 1 saturated heterocycles. The van der Waals surface area contributed by atoms with Crippen molar-refractivity contribution in [2.24, 2.45) is 5.73 Å². The maximum atomic E-state index is 13.1. The van der Waals surface area contributed by atoms with Crippen LogP contribution in [0.3, 0.4) is 0 Å². The number of hydrogen-bond donors (Lipinski definition) is 3. The summed E-state index contributed by atoms with van der Waals surface area (Å²) in [5, 5.41) is 15.6. The molecule has 0 spiro atoms. The quantitative estimate of drug-likeness (QED) is 0.575. The van der Waals surface area contributed by atoms with Crippen molar-refractivity contribution in [3.8, 4) is 0 Å². The highest BCUT2D eigenvalue weighted by atomic mass is 32.2. The summed E-state index contributed by atoms with van der Waals surface area (Å²) in [5.41, 5.74) is 7.27. The van der Waals surface area contributed by atoms with Crippen molar-refractivity contribution in [3.05, 3.63) is 77.6 Å². The summed E-state index contributed by atoms with van der Waals surface area (Å²) in [7, 11) is -3.57. The lowest BCUT2D eigenvalue weighted by Crippen LogP contribution is -2.30. The minimum atomic E-state index is -3.57. The zero-order chi connectivity index (χ0) is 23.0. The first-order valence-electron chi connectivity index (χ1n) is 9.35. The first-order chi connectivity index (χ1) is 14.6. The molecule has 166 valence electrons. The number of carboxylic acids is 2. The number of hydrogen-bond acceptors (Lipinski definition) is 5. The van der Waals surface area contributed by atoms with Crippen molar-refractivity contribution >= 4 is 22.0 Å². The van der Waals surface area contributed by atoms with Crippen LogP contribution in [0.2, 0.25) is 0 Å². The summed E-state index contributed by atoms with van der Waals surface area (Å²) in [5.74, 6) is -2.83. The highest BCUT2D eigenvalue weighted by molar-refractivity contribution is 7.89. The first kappa shape index (κ1) is 24.2. The molecule has 0 saturated carbocycles. The molecule has 0 amide bonds. The van der Waals surface area contributed by atoms with Crippen LogP contribution in [0.15, 0.2) is 65.6 Å². The summed E-state index contributed by atoms with van der Waals surface area (Å²) in [6.07, 6.45) is 2.65. The van der Waals surface area contributed by atoms with Crippen LogP contribution in [0.4, 0.5) is 4.39 Å². The highest BCUT2D eigenvalue weighted by Gasteiger charge is 2.36. The molecular weight excluding hydrogens is 427 g/mol. The number of nitrogens with two attached hydrogens (primary N) is 1. The molecule has 10 heteroatoms. The predicted octanol–water partition coefficient (Wildman–Crippen LogP) is 2.52. The Kier molecular flexibility index (Phi) is 8.43. The lowest BCUT2D eigenvalue weighted by Gasteiger charge is -2.24.